The number of nitrogens with one attached hydrogen (secondary N) is 1. The van der Waals surface area contributed by atoms with E-state index in [0.717, 1.165) is 34.6 Å². The Morgan fingerprint density at radius 3 is 2.70 bits per heavy atom. The zero-order valence-electron chi connectivity index (χ0n) is 20.7. The van der Waals surface area contributed by atoms with E-state index in [1.165, 1.54) is 22.1 Å². The van der Waals surface area contributed by atoms with Crippen LogP contribution in [0, 0.1) is 0 Å². The number of carbonyl (C=O) groups is 1. The summed E-state index contributed by atoms with van der Waals surface area (Å²) in [5.41, 5.74) is 3.13. The number of thioether (sulfide) groups is 1. The molecule has 1 unspecified atom stereocenters. The lowest BCUT2D eigenvalue weighted by Crippen LogP contribution is -2.33. The van der Waals surface area contributed by atoms with Crippen molar-refractivity contribution in [1.82, 2.24) is 5.32 Å². The number of fused-ring (bicyclic) bond motifs is 1. The number of anilines is 1. The van der Waals surface area contributed by atoms with Gasteiger partial charge in [0.1, 0.15) is 5.75 Å². The van der Waals surface area contributed by atoms with Crippen LogP contribution >= 0.6 is 11.8 Å². The minimum absolute atomic E-state index is 0.00707. The molecule has 0 saturated carbocycles. The molecule has 1 fully saturated rings. The third-order valence-electron chi connectivity index (χ3n) is 6.70. The second-order valence-corrected chi connectivity index (χ2v) is 12.0. The molecule has 2 aliphatic heterocycles. The third-order valence-corrected chi connectivity index (χ3v) is 9.65. The number of ether oxygens (including phenoxy) is 2. The van der Waals surface area contributed by atoms with Gasteiger partial charge in [-0.3, -0.25) is 9.10 Å². The first kappa shape index (κ1) is 25.6. The Hall–Kier alpha value is -3.01. The predicted molar refractivity (Wildman–Crippen MR) is 145 cm³/mol. The van der Waals surface area contributed by atoms with Crippen LogP contribution < -0.4 is 14.4 Å². The first-order valence-electron chi connectivity index (χ1n) is 12.4. The molecular formula is C28H30N2O5S2. The minimum Gasteiger partial charge on any atom is -0.497 e. The fourth-order valence-electron chi connectivity index (χ4n) is 4.65. The predicted octanol–water partition coefficient (Wildman–Crippen LogP) is 4.65. The largest absolute Gasteiger partial charge is 0.497 e. The van der Waals surface area contributed by atoms with Crippen molar-refractivity contribution >= 4 is 33.4 Å². The van der Waals surface area contributed by atoms with Crippen LogP contribution in [-0.2, 0) is 26.9 Å². The van der Waals surface area contributed by atoms with Gasteiger partial charge in [-0.25, -0.2) is 8.42 Å². The molecule has 7 nitrogen and oxygen atoms in total. The van der Waals surface area contributed by atoms with Crippen LogP contribution in [0.2, 0.25) is 0 Å². The smallest absolute Gasteiger partial charge is 0.264 e. The van der Waals surface area contributed by atoms with Crippen molar-refractivity contribution in [2.45, 2.75) is 40.9 Å². The highest BCUT2D eigenvalue weighted by Gasteiger charge is 2.31. The summed E-state index contributed by atoms with van der Waals surface area (Å²) >= 11 is 1.50. The zero-order chi connectivity index (χ0) is 25.8. The van der Waals surface area contributed by atoms with Crippen molar-refractivity contribution in [3.05, 3.63) is 83.4 Å². The summed E-state index contributed by atoms with van der Waals surface area (Å²) in [5.74, 6) is 1.11. The number of para-hydroxylation sites is 1. The SMILES string of the molecule is COc1ccc(CSc2ccc(S(=O)(=O)N3CCc4ccccc43)cc2C(=O)NCC2CCCO2)cc1. The fourth-order valence-corrected chi connectivity index (χ4v) is 7.16. The summed E-state index contributed by atoms with van der Waals surface area (Å²) in [4.78, 5) is 14.1. The van der Waals surface area contributed by atoms with Crippen molar-refractivity contribution in [1.29, 1.82) is 0 Å². The minimum atomic E-state index is -3.82. The van der Waals surface area contributed by atoms with E-state index in [4.69, 9.17) is 9.47 Å². The van der Waals surface area contributed by atoms with Crippen LogP contribution in [0.5, 0.6) is 5.75 Å². The van der Waals surface area contributed by atoms with E-state index in [1.807, 2.05) is 48.5 Å². The van der Waals surface area contributed by atoms with Gasteiger partial charge in [0.05, 0.1) is 29.4 Å². The highest BCUT2D eigenvalue weighted by Crippen LogP contribution is 2.35. The van der Waals surface area contributed by atoms with E-state index in [9.17, 15) is 13.2 Å². The van der Waals surface area contributed by atoms with Gasteiger partial charge < -0.3 is 14.8 Å². The van der Waals surface area contributed by atoms with Crippen LogP contribution in [0.1, 0.15) is 34.3 Å². The summed E-state index contributed by atoms with van der Waals surface area (Å²) in [6.07, 6.45) is 2.55. The maximum atomic E-state index is 13.6. The van der Waals surface area contributed by atoms with E-state index in [2.05, 4.69) is 5.32 Å². The van der Waals surface area contributed by atoms with E-state index < -0.39 is 10.0 Å². The summed E-state index contributed by atoms with van der Waals surface area (Å²) in [5, 5.41) is 2.96. The molecular weight excluding hydrogens is 508 g/mol. The lowest BCUT2D eigenvalue weighted by Gasteiger charge is -2.21. The van der Waals surface area contributed by atoms with Gasteiger partial charge in [0, 0.05) is 30.3 Å². The maximum absolute atomic E-state index is 13.6. The molecule has 1 N–H and O–H groups in total. The number of hydrogen-bond acceptors (Lipinski definition) is 6. The molecule has 0 aliphatic carbocycles. The summed E-state index contributed by atoms with van der Waals surface area (Å²) < 4.78 is 39.6. The molecule has 2 aliphatic rings. The Kier molecular flexibility index (Phi) is 7.73. The molecule has 0 aromatic heterocycles. The van der Waals surface area contributed by atoms with Gasteiger partial charge in [0.2, 0.25) is 0 Å². The first-order valence-corrected chi connectivity index (χ1v) is 14.8. The zero-order valence-corrected chi connectivity index (χ0v) is 22.3. The molecule has 0 spiro atoms. The average Bonchev–Trinajstić information content (AvgIpc) is 3.61. The van der Waals surface area contributed by atoms with Gasteiger partial charge in [-0.2, -0.15) is 0 Å². The van der Waals surface area contributed by atoms with Gasteiger partial charge in [-0.1, -0.05) is 30.3 Å². The molecule has 0 radical (unpaired) electrons. The van der Waals surface area contributed by atoms with Gasteiger partial charge in [0.15, 0.2) is 0 Å². The first-order chi connectivity index (χ1) is 18.0. The molecule has 5 rings (SSSR count). The van der Waals surface area contributed by atoms with E-state index in [0.29, 0.717) is 43.1 Å². The van der Waals surface area contributed by atoms with Crippen molar-refractivity contribution < 1.29 is 22.7 Å². The number of methoxy groups -OCH3 is 1. The van der Waals surface area contributed by atoms with Crippen molar-refractivity contribution in [2.24, 2.45) is 0 Å². The monoisotopic (exact) mass is 538 g/mol. The van der Waals surface area contributed by atoms with E-state index >= 15 is 0 Å². The number of carbonyl (C=O) groups excluding carboxylic acids is 1. The van der Waals surface area contributed by atoms with Crippen molar-refractivity contribution in [2.75, 3.05) is 31.1 Å². The number of amides is 1. The molecule has 9 heteroatoms. The molecule has 1 saturated heterocycles. The van der Waals surface area contributed by atoms with Crippen LogP contribution in [0.4, 0.5) is 5.69 Å². The third kappa shape index (κ3) is 5.63. The highest BCUT2D eigenvalue weighted by atomic mass is 32.2. The second-order valence-electron chi connectivity index (χ2n) is 9.10. The number of sulfonamides is 1. The topological polar surface area (TPSA) is 84.9 Å². The lowest BCUT2D eigenvalue weighted by atomic mass is 10.2. The second kappa shape index (κ2) is 11.2. The molecule has 37 heavy (non-hydrogen) atoms. The number of rotatable bonds is 9. The summed E-state index contributed by atoms with van der Waals surface area (Å²) in [6, 6.07) is 20.1. The van der Waals surface area contributed by atoms with Crippen molar-refractivity contribution in [3.63, 3.8) is 0 Å². The quantitative estimate of drug-likeness (QED) is 0.400. The average molecular weight is 539 g/mol. The molecule has 1 atom stereocenters. The van der Waals surface area contributed by atoms with Crippen LogP contribution in [-0.4, -0.2) is 47.2 Å². The highest BCUT2D eigenvalue weighted by molar-refractivity contribution is 7.98. The van der Waals surface area contributed by atoms with E-state index in [1.54, 1.807) is 19.2 Å². The fraction of sp³-hybridized carbons (Fsp3) is 0.321. The number of benzene rings is 3. The normalized spacial score (nSPS) is 17.0. The Bertz CT molecular complexity index is 1370. The Balaban J connectivity index is 1.42. The Morgan fingerprint density at radius 2 is 1.95 bits per heavy atom. The van der Waals surface area contributed by atoms with Gasteiger partial charge >= 0.3 is 0 Å². The van der Waals surface area contributed by atoms with E-state index in [-0.39, 0.29) is 16.9 Å². The van der Waals surface area contributed by atoms with Crippen LogP contribution in [0.25, 0.3) is 0 Å². The van der Waals surface area contributed by atoms with Gasteiger partial charge in [0.25, 0.3) is 15.9 Å². The molecule has 3 aromatic carbocycles. The number of nitrogens with zero attached hydrogens (tertiary/aromatic N) is 1. The van der Waals surface area contributed by atoms with Crippen molar-refractivity contribution in [3.8, 4) is 5.75 Å². The summed E-state index contributed by atoms with van der Waals surface area (Å²) in [6.45, 7) is 1.49. The lowest BCUT2D eigenvalue weighted by molar-refractivity contribution is 0.0855. The summed E-state index contributed by atoms with van der Waals surface area (Å²) in [7, 11) is -2.20. The van der Waals surface area contributed by atoms with Crippen LogP contribution in [0.15, 0.2) is 76.5 Å². The Labute approximate surface area is 222 Å². The van der Waals surface area contributed by atoms with Crippen LogP contribution in [0.3, 0.4) is 0 Å². The molecule has 0 bridgehead atoms. The molecule has 2 heterocycles. The standard InChI is InChI=1S/C28H30N2O5S2/c1-34-22-10-8-20(9-11-22)19-36-27-13-12-24(17-25(27)28(31)29-18-23-6-4-16-35-23)37(32,33)30-15-14-21-5-2-3-7-26(21)30/h2-3,5,7-13,17,23H,4,6,14-16,18-19H2,1H3,(H,29,31). The maximum Gasteiger partial charge on any atom is 0.264 e. The van der Waals surface area contributed by atoms with Gasteiger partial charge in [-0.05, 0) is 66.8 Å². The van der Waals surface area contributed by atoms with Gasteiger partial charge in [-0.15, -0.1) is 11.8 Å². The Morgan fingerprint density at radius 1 is 1.14 bits per heavy atom. The molecule has 194 valence electrons. The molecule has 3 aromatic rings. The number of hydrogen-bond donors (Lipinski definition) is 1. The molecule has 1 amide bonds.